The number of carbonyl (C=O) groups excluding carboxylic acids is 2. The van der Waals surface area contributed by atoms with Gasteiger partial charge in [0.25, 0.3) is 5.91 Å². The number of furan rings is 1. The van der Waals surface area contributed by atoms with Crippen LogP contribution in [0.25, 0.3) is 11.0 Å². The third kappa shape index (κ3) is 7.97. The predicted octanol–water partition coefficient (Wildman–Crippen LogP) is 4.37. The molecule has 1 saturated carbocycles. The molecule has 13 heteroatoms. The summed E-state index contributed by atoms with van der Waals surface area (Å²) in [5.74, 6) is -0.443. The Bertz CT molecular complexity index is 1240. The van der Waals surface area contributed by atoms with Gasteiger partial charge in [0.2, 0.25) is 11.7 Å². The van der Waals surface area contributed by atoms with Crippen molar-refractivity contribution in [3.05, 3.63) is 47.3 Å². The molecule has 1 fully saturated rings. The molecule has 0 radical (unpaired) electrons. The maximum absolute atomic E-state index is 13.3. The number of aliphatic hydroxyl groups excluding tert-OH is 2. The molecule has 4 N–H and O–H groups in total. The SMILES string of the molecule is CN(C)[C@H]1CC[C@H](C(=O)Nc2c(C(=O)Nc3ccc(Cl)cn3)oc3ccc(OC(CO)CO)cc23)CC1.Cl.Cl. The van der Waals surface area contributed by atoms with Crippen LogP contribution in [0.1, 0.15) is 36.2 Å². The quantitative estimate of drug-likeness (QED) is 0.283. The Labute approximate surface area is 243 Å². The number of fused-ring (bicyclic) bond motifs is 1. The lowest BCUT2D eigenvalue weighted by Gasteiger charge is -2.31. The largest absolute Gasteiger partial charge is 0.486 e. The Hall–Kier alpha value is -2.60. The van der Waals surface area contributed by atoms with Crippen LogP contribution in [-0.4, -0.2) is 71.4 Å². The lowest BCUT2D eigenvalue weighted by Crippen LogP contribution is -2.35. The average Bonchev–Trinajstić information content (AvgIpc) is 3.26. The number of aromatic nitrogens is 1. The molecule has 0 atom stereocenters. The number of anilines is 2. The van der Waals surface area contributed by atoms with E-state index in [-0.39, 0.29) is 67.1 Å². The lowest BCUT2D eigenvalue weighted by atomic mass is 9.85. The standard InChI is InChI=1S/C26H31ClN4O6.2ClH/c1-31(2)17-6-3-15(4-7-17)25(34)30-23-20-11-18(36-19(13-32)14-33)8-9-21(20)37-24(23)26(35)29-22-10-5-16(27)12-28-22;;/h5,8-12,15,17,19,32-33H,3-4,6-7,13-14H2,1-2H3,(H,30,34)(H,28,29,35);2*1H/t15-,17-;;. The molecular weight excluding hydrogens is 571 g/mol. The predicted molar refractivity (Wildman–Crippen MR) is 155 cm³/mol. The van der Waals surface area contributed by atoms with Crippen molar-refractivity contribution in [2.45, 2.75) is 37.8 Å². The first kappa shape index (κ1) is 32.6. The van der Waals surface area contributed by atoms with Crippen LogP contribution in [0, 0.1) is 5.92 Å². The van der Waals surface area contributed by atoms with Crippen LogP contribution in [0.4, 0.5) is 11.5 Å². The van der Waals surface area contributed by atoms with Crippen LogP contribution >= 0.6 is 36.4 Å². The van der Waals surface area contributed by atoms with Crippen LogP contribution < -0.4 is 15.4 Å². The second-order valence-electron chi connectivity index (χ2n) is 9.34. The minimum atomic E-state index is -0.812. The maximum atomic E-state index is 13.3. The van der Waals surface area contributed by atoms with Gasteiger partial charge in [-0.15, -0.1) is 24.8 Å². The molecule has 1 aliphatic carbocycles. The van der Waals surface area contributed by atoms with E-state index in [2.05, 4.69) is 20.5 Å². The van der Waals surface area contributed by atoms with Gasteiger partial charge < -0.3 is 34.9 Å². The Morgan fingerprint density at radius 1 is 1.10 bits per heavy atom. The lowest BCUT2D eigenvalue weighted by molar-refractivity contribution is -0.121. The monoisotopic (exact) mass is 602 g/mol. The summed E-state index contributed by atoms with van der Waals surface area (Å²) in [6.07, 6.45) is 3.90. The van der Waals surface area contributed by atoms with E-state index in [1.165, 1.54) is 6.20 Å². The van der Waals surface area contributed by atoms with Gasteiger partial charge >= 0.3 is 0 Å². The molecule has 214 valence electrons. The van der Waals surface area contributed by atoms with Gasteiger partial charge in [-0.2, -0.15) is 0 Å². The van der Waals surface area contributed by atoms with Crippen molar-refractivity contribution in [1.29, 1.82) is 0 Å². The van der Waals surface area contributed by atoms with Crippen molar-refractivity contribution in [2.24, 2.45) is 5.92 Å². The first-order valence-electron chi connectivity index (χ1n) is 12.1. The number of halogens is 3. The molecule has 4 rings (SSSR count). The molecular formula is C26H33Cl3N4O6. The van der Waals surface area contributed by atoms with Crippen LogP contribution in [0.15, 0.2) is 40.9 Å². The number of pyridine rings is 1. The highest BCUT2D eigenvalue weighted by Gasteiger charge is 2.30. The van der Waals surface area contributed by atoms with Gasteiger partial charge in [0, 0.05) is 23.5 Å². The molecule has 39 heavy (non-hydrogen) atoms. The summed E-state index contributed by atoms with van der Waals surface area (Å²) >= 11 is 5.89. The van der Waals surface area contributed by atoms with E-state index in [0.29, 0.717) is 27.8 Å². The third-order valence-electron chi connectivity index (χ3n) is 6.59. The van der Waals surface area contributed by atoms with Crippen LogP contribution in [0.2, 0.25) is 5.02 Å². The van der Waals surface area contributed by atoms with Crippen molar-refractivity contribution in [1.82, 2.24) is 9.88 Å². The van der Waals surface area contributed by atoms with Crippen molar-refractivity contribution in [2.75, 3.05) is 37.9 Å². The number of rotatable bonds is 9. The Balaban J connectivity index is 0.00000267. The van der Waals surface area contributed by atoms with E-state index in [0.717, 1.165) is 25.7 Å². The van der Waals surface area contributed by atoms with Crippen LogP contribution in [0.3, 0.4) is 0 Å². The van der Waals surface area contributed by atoms with Crippen molar-refractivity contribution < 1.29 is 29.0 Å². The number of nitrogens with one attached hydrogen (secondary N) is 2. The Kier molecular flexibility index (Phi) is 12.3. The number of aliphatic hydroxyl groups is 2. The highest BCUT2D eigenvalue weighted by molar-refractivity contribution is 6.30. The zero-order valence-electron chi connectivity index (χ0n) is 21.6. The minimum absolute atomic E-state index is 0. The van der Waals surface area contributed by atoms with Gasteiger partial charge in [0.15, 0.2) is 0 Å². The van der Waals surface area contributed by atoms with E-state index in [9.17, 15) is 19.8 Å². The Morgan fingerprint density at radius 3 is 2.38 bits per heavy atom. The number of ether oxygens (including phenoxy) is 1. The summed E-state index contributed by atoms with van der Waals surface area (Å²) in [4.78, 5) is 32.7. The summed E-state index contributed by atoms with van der Waals surface area (Å²) in [6, 6.07) is 8.40. The molecule has 2 aromatic heterocycles. The first-order chi connectivity index (χ1) is 17.8. The number of carbonyl (C=O) groups is 2. The normalized spacial score (nSPS) is 16.9. The molecule has 2 heterocycles. The van der Waals surface area contributed by atoms with Gasteiger partial charge in [-0.25, -0.2) is 4.98 Å². The van der Waals surface area contributed by atoms with Gasteiger partial charge in [-0.3, -0.25) is 9.59 Å². The summed E-state index contributed by atoms with van der Waals surface area (Å²) in [5, 5.41) is 25.2. The molecule has 10 nitrogen and oxygen atoms in total. The van der Waals surface area contributed by atoms with Gasteiger partial charge in [-0.05, 0) is 70.1 Å². The van der Waals surface area contributed by atoms with E-state index in [4.69, 9.17) is 20.8 Å². The molecule has 0 bridgehead atoms. The molecule has 1 aromatic carbocycles. The highest BCUT2D eigenvalue weighted by Crippen LogP contribution is 2.36. The molecule has 3 aromatic rings. The van der Waals surface area contributed by atoms with Crippen LogP contribution in [-0.2, 0) is 4.79 Å². The fourth-order valence-corrected chi connectivity index (χ4v) is 4.57. The van der Waals surface area contributed by atoms with Gasteiger partial charge in [0.1, 0.15) is 28.9 Å². The van der Waals surface area contributed by atoms with Gasteiger partial charge in [-0.1, -0.05) is 11.6 Å². The summed E-state index contributed by atoms with van der Waals surface area (Å²) in [7, 11) is 4.09. The maximum Gasteiger partial charge on any atom is 0.294 e. The van der Waals surface area contributed by atoms with E-state index in [1.54, 1.807) is 30.3 Å². The van der Waals surface area contributed by atoms with Crippen LogP contribution in [0.5, 0.6) is 5.75 Å². The minimum Gasteiger partial charge on any atom is -0.486 e. The molecule has 1 aliphatic rings. The summed E-state index contributed by atoms with van der Waals surface area (Å²) in [6.45, 7) is -0.748. The number of amides is 2. The summed E-state index contributed by atoms with van der Waals surface area (Å²) < 4.78 is 11.5. The van der Waals surface area contributed by atoms with Gasteiger partial charge in [0.05, 0.1) is 18.2 Å². The second kappa shape index (κ2) is 14.7. The number of benzene rings is 1. The van der Waals surface area contributed by atoms with E-state index >= 15 is 0 Å². The highest BCUT2D eigenvalue weighted by atomic mass is 35.5. The topological polar surface area (TPSA) is 137 Å². The van der Waals surface area contributed by atoms with Crippen molar-refractivity contribution >= 4 is 70.7 Å². The van der Waals surface area contributed by atoms with E-state index < -0.39 is 12.0 Å². The van der Waals surface area contributed by atoms with Crippen molar-refractivity contribution in [3.63, 3.8) is 0 Å². The van der Waals surface area contributed by atoms with E-state index in [1.807, 2.05) is 14.1 Å². The fraction of sp³-hybridized carbons (Fsp3) is 0.423. The molecule has 0 saturated heterocycles. The number of hydrogen-bond acceptors (Lipinski definition) is 8. The zero-order chi connectivity index (χ0) is 26.5. The first-order valence-corrected chi connectivity index (χ1v) is 12.5. The second-order valence-corrected chi connectivity index (χ2v) is 9.78. The molecule has 0 unspecified atom stereocenters. The average molecular weight is 604 g/mol. The number of hydrogen-bond donors (Lipinski definition) is 4. The zero-order valence-corrected chi connectivity index (χ0v) is 23.9. The van der Waals surface area contributed by atoms with Crippen molar-refractivity contribution in [3.8, 4) is 5.75 Å². The fourth-order valence-electron chi connectivity index (χ4n) is 4.46. The smallest absolute Gasteiger partial charge is 0.294 e. The summed E-state index contributed by atoms with van der Waals surface area (Å²) in [5.41, 5.74) is 0.578. The molecule has 0 aliphatic heterocycles. The Morgan fingerprint density at radius 2 is 1.79 bits per heavy atom. The number of nitrogens with zero attached hydrogens (tertiary/aromatic N) is 2. The third-order valence-corrected chi connectivity index (χ3v) is 6.81. The molecule has 0 spiro atoms. The molecule has 2 amide bonds.